The van der Waals surface area contributed by atoms with Gasteiger partial charge < -0.3 is 9.47 Å². The minimum atomic E-state index is -1.30. The van der Waals surface area contributed by atoms with Crippen molar-refractivity contribution in [3.05, 3.63) is 63.9 Å². The van der Waals surface area contributed by atoms with E-state index in [1.54, 1.807) is 4.90 Å². The van der Waals surface area contributed by atoms with E-state index in [0.717, 1.165) is 22.4 Å². The minimum Gasteiger partial charge on any atom is -0.331 e. The molecule has 2 bridgehead atoms. The fourth-order valence-electron chi connectivity index (χ4n) is 4.86. The molecule has 2 aromatic carbocycles. The summed E-state index contributed by atoms with van der Waals surface area (Å²) in [4.78, 5) is 19.7. The Labute approximate surface area is 160 Å². The minimum absolute atomic E-state index is 0.0556. The Bertz CT molecular complexity index is 1150. The number of amides is 1. The van der Waals surface area contributed by atoms with Crippen LogP contribution < -0.4 is 0 Å². The molecule has 1 saturated carbocycles. The summed E-state index contributed by atoms with van der Waals surface area (Å²) in [6, 6.07) is 10.9. The second-order valence-electron chi connectivity index (χ2n) is 7.89. The molecule has 3 aromatic rings. The van der Waals surface area contributed by atoms with Crippen LogP contribution in [0.2, 0.25) is 5.02 Å². The molecule has 136 valence electrons. The van der Waals surface area contributed by atoms with Crippen molar-refractivity contribution in [1.82, 2.24) is 14.5 Å². The largest absolute Gasteiger partial charge is 0.331 e. The summed E-state index contributed by atoms with van der Waals surface area (Å²) in [5.41, 5.74) is 2.60. The molecule has 3 aliphatic rings. The Balaban J connectivity index is 1.70. The molecule has 0 spiro atoms. The fraction of sp³-hybridized carbons (Fsp3) is 0.333. The van der Waals surface area contributed by atoms with Crippen molar-refractivity contribution in [2.45, 2.75) is 37.0 Å². The predicted molar refractivity (Wildman–Crippen MR) is 101 cm³/mol. The first-order valence-corrected chi connectivity index (χ1v) is 9.62. The summed E-state index contributed by atoms with van der Waals surface area (Å²) in [7, 11) is 1.82. The second kappa shape index (κ2) is 4.90. The van der Waals surface area contributed by atoms with Gasteiger partial charge in [-0.2, -0.15) is 0 Å². The predicted octanol–water partition coefficient (Wildman–Crippen LogP) is 4.77. The van der Waals surface area contributed by atoms with E-state index in [9.17, 15) is 4.79 Å². The highest BCUT2D eigenvalue weighted by molar-refractivity contribution is 6.31. The van der Waals surface area contributed by atoms with Crippen LogP contribution in [0.4, 0.5) is 4.39 Å². The average molecular weight is 382 g/mol. The van der Waals surface area contributed by atoms with Crippen LogP contribution in [0, 0.1) is 0 Å². The normalized spacial score (nSPS) is 24.7. The molecular formula is C21H17ClFN3O. The zero-order chi connectivity index (χ0) is 18.5. The molecular weight excluding hydrogens is 365 g/mol. The Morgan fingerprint density at radius 2 is 2.04 bits per heavy atom. The summed E-state index contributed by atoms with van der Waals surface area (Å²) in [6.07, 6.45) is 1.76. The van der Waals surface area contributed by atoms with E-state index in [1.807, 2.05) is 43.4 Å². The van der Waals surface area contributed by atoms with Crippen molar-refractivity contribution in [2.24, 2.45) is 0 Å². The summed E-state index contributed by atoms with van der Waals surface area (Å²) >= 11 is 6.25. The van der Waals surface area contributed by atoms with Crippen molar-refractivity contribution >= 4 is 28.5 Å². The maximum Gasteiger partial charge on any atom is 0.254 e. The Kier molecular flexibility index (Phi) is 2.84. The zero-order valence-electron chi connectivity index (χ0n) is 14.7. The molecule has 3 heterocycles. The molecule has 6 heteroatoms. The first-order valence-electron chi connectivity index (χ1n) is 9.25. The number of nitrogens with zero attached hydrogens (tertiary/aromatic N) is 3. The molecule has 0 saturated heterocycles. The van der Waals surface area contributed by atoms with Crippen molar-refractivity contribution in [3.8, 4) is 0 Å². The van der Waals surface area contributed by atoms with Crippen molar-refractivity contribution in [1.29, 1.82) is 0 Å². The molecule has 1 amide bonds. The van der Waals surface area contributed by atoms with Gasteiger partial charge in [0.2, 0.25) is 0 Å². The van der Waals surface area contributed by atoms with Crippen LogP contribution in [0.1, 0.15) is 58.7 Å². The number of carbonyl (C=O) groups excluding carboxylic acids is 1. The molecule has 1 fully saturated rings. The summed E-state index contributed by atoms with van der Waals surface area (Å²) in [5, 5.41) is 0.645. The van der Waals surface area contributed by atoms with Gasteiger partial charge in [-0.1, -0.05) is 23.7 Å². The van der Waals surface area contributed by atoms with Gasteiger partial charge in [0.25, 0.3) is 5.91 Å². The van der Waals surface area contributed by atoms with E-state index in [2.05, 4.69) is 4.57 Å². The van der Waals surface area contributed by atoms with E-state index in [4.69, 9.17) is 16.6 Å². The lowest BCUT2D eigenvalue weighted by atomic mass is 9.90. The van der Waals surface area contributed by atoms with E-state index in [0.29, 0.717) is 35.4 Å². The van der Waals surface area contributed by atoms with Gasteiger partial charge in [-0.25, -0.2) is 9.37 Å². The number of hydrogen-bond donors (Lipinski definition) is 0. The van der Waals surface area contributed by atoms with Gasteiger partial charge in [-0.3, -0.25) is 4.79 Å². The summed E-state index contributed by atoms with van der Waals surface area (Å²) in [6.45, 7) is 0. The van der Waals surface area contributed by atoms with Crippen LogP contribution in [0.5, 0.6) is 0 Å². The summed E-state index contributed by atoms with van der Waals surface area (Å²) < 4.78 is 17.4. The average Bonchev–Trinajstić information content (AvgIpc) is 3.19. The van der Waals surface area contributed by atoms with Gasteiger partial charge in [0.05, 0.1) is 23.1 Å². The lowest BCUT2D eigenvalue weighted by molar-refractivity contribution is 0.0734. The molecule has 4 nitrogen and oxygen atoms in total. The molecule has 6 rings (SSSR count). The molecule has 2 atom stereocenters. The van der Waals surface area contributed by atoms with Crippen LogP contribution in [-0.4, -0.2) is 27.4 Å². The molecule has 0 N–H and O–H groups in total. The fourth-order valence-corrected chi connectivity index (χ4v) is 5.03. The number of hydrogen-bond acceptors (Lipinski definition) is 2. The third-order valence-electron chi connectivity index (χ3n) is 6.36. The van der Waals surface area contributed by atoms with Gasteiger partial charge in [-0.15, -0.1) is 0 Å². The Morgan fingerprint density at radius 1 is 1.22 bits per heavy atom. The molecule has 27 heavy (non-hydrogen) atoms. The van der Waals surface area contributed by atoms with Gasteiger partial charge in [0, 0.05) is 24.1 Å². The molecule has 1 aliphatic carbocycles. The Morgan fingerprint density at radius 3 is 2.81 bits per heavy atom. The monoisotopic (exact) mass is 381 g/mol. The summed E-state index contributed by atoms with van der Waals surface area (Å²) in [5.74, 6) is 0.803. The lowest BCUT2D eigenvalue weighted by Gasteiger charge is -2.25. The number of imidazole rings is 1. The van der Waals surface area contributed by atoms with E-state index >= 15 is 4.39 Å². The van der Waals surface area contributed by atoms with Crippen LogP contribution in [0.3, 0.4) is 0 Å². The maximum absolute atomic E-state index is 15.2. The number of rotatable bonds is 1. The topological polar surface area (TPSA) is 38.1 Å². The van der Waals surface area contributed by atoms with E-state index < -0.39 is 5.67 Å². The molecule has 2 aliphatic heterocycles. The van der Waals surface area contributed by atoms with Crippen LogP contribution in [0.15, 0.2) is 36.4 Å². The number of benzene rings is 2. The van der Waals surface area contributed by atoms with Crippen LogP contribution in [0.25, 0.3) is 11.0 Å². The third kappa shape index (κ3) is 1.93. The van der Waals surface area contributed by atoms with Gasteiger partial charge in [0.1, 0.15) is 11.5 Å². The molecule has 1 aromatic heterocycles. The highest BCUT2D eigenvalue weighted by Crippen LogP contribution is 2.56. The maximum atomic E-state index is 15.2. The van der Waals surface area contributed by atoms with E-state index in [1.165, 1.54) is 0 Å². The number of alkyl halides is 1. The third-order valence-corrected chi connectivity index (χ3v) is 6.60. The number of halogens is 2. The van der Waals surface area contributed by atoms with Crippen molar-refractivity contribution in [2.75, 3.05) is 7.05 Å². The quantitative estimate of drug-likeness (QED) is 0.609. The first-order chi connectivity index (χ1) is 13.0. The van der Waals surface area contributed by atoms with Crippen molar-refractivity contribution in [3.63, 3.8) is 0 Å². The van der Waals surface area contributed by atoms with Crippen molar-refractivity contribution < 1.29 is 9.18 Å². The lowest BCUT2D eigenvalue weighted by Crippen LogP contribution is -2.31. The molecule has 0 radical (unpaired) electrons. The number of aromatic nitrogens is 2. The second-order valence-corrected chi connectivity index (χ2v) is 8.32. The van der Waals surface area contributed by atoms with E-state index in [-0.39, 0.29) is 18.0 Å². The molecule has 2 unspecified atom stereocenters. The smallest absolute Gasteiger partial charge is 0.254 e. The number of carbonyl (C=O) groups is 1. The highest BCUT2D eigenvalue weighted by Gasteiger charge is 2.51. The SMILES string of the molecule is CN1C(=O)c2cccc(C3(F)CC3)c2C2CC1c1nc3ccc(Cl)cc3n12. The zero-order valence-corrected chi connectivity index (χ0v) is 15.5. The van der Waals surface area contributed by atoms with Gasteiger partial charge >= 0.3 is 0 Å². The number of fused-ring (bicyclic) bond motifs is 9. The Hall–Kier alpha value is -2.40. The van der Waals surface area contributed by atoms with Gasteiger partial charge in [0.15, 0.2) is 0 Å². The van der Waals surface area contributed by atoms with Crippen LogP contribution in [-0.2, 0) is 5.67 Å². The first kappa shape index (κ1) is 15.6. The van der Waals surface area contributed by atoms with Gasteiger partial charge in [-0.05, 0) is 48.2 Å². The van der Waals surface area contributed by atoms with Crippen LogP contribution >= 0.6 is 11.6 Å². The highest BCUT2D eigenvalue weighted by atomic mass is 35.5. The standard InChI is InChI=1S/C21H17ClFN3O/c1-25-17-10-16(26-15-9-11(22)5-6-14(15)24-19(17)26)18-12(20(25)27)3-2-4-13(18)21(23)7-8-21/h2-6,9,16-17H,7-8,10H2,1H3.